The summed E-state index contributed by atoms with van der Waals surface area (Å²) in [6, 6.07) is 4.40. The van der Waals surface area contributed by atoms with Crippen LogP contribution in [-0.2, 0) is 14.8 Å². The van der Waals surface area contributed by atoms with Crippen molar-refractivity contribution in [3.63, 3.8) is 0 Å². The zero-order chi connectivity index (χ0) is 15.6. The van der Waals surface area contributed by atoms with Gasteiger partial charge in [-0.3, -0.25) is 4.79 Å². The van der Waals surface area contributed by atoms with Gasteiger partial charge in [0.1, 0.15) is 5.75 Å². The second-order valence-electron chi connectivity index (χ2n) is 5.18. The highest BCUT2D eigenvalue weighted by molar-refractivity contribution is 7.89. The Labute approximate surface area is 125 Å². The minimum atomic E-state index is -3.60. The van der Waals surface area contributed by atoms with Crippen LogP contribution >= 0.6 is 0 Å². The number of hydrogen-bond acceptors (Lipinski definition) is 4. The van der Waals surface area contributed by atoms with Crippen molar-refractivity contribution in [2.45, 2.75) is 37.6 Å². The first-order valence-electron chi connectivity index (χ1n) is 6.91. The second-order valence-corrected chi connectivity index (χ2v) is 6.90. The third kappa shape index (κ3) is 3.36. The van der Waals surface area contributed by atoms with E-state index in [1.54, 1.807) is 13.1 Å². The average molecular weight is 312 g/mol. The molecule has 1 heterocycles. The summed E-state index contributed by atoms with van der Waals surface area (Å²) in [5.74, 6) is 0.307. The Morgan fingerprint density at radius 2 is 2.14 bits per heavy atom. The molecule has 0 radical (unpaired) electrons. The zero-order valence-corrected chi connectivity index (χ0v) is 13.2. The van der Waals surface area contributed by atoms with Crippen LogP contribution in [0.1, 0.15) is 26.7 Å². The van der Waals surface area contributed by atoms with Gasteiger partial charge in [-0.25, -0.2) is 13.1 Å². The molecule has 0 spiro atoms. The van der Waals surface area contributed by atoms with Crippen molar-refractivity contribution in [3.05, 3.63) is 18.2 Å². The topological polar surface area (TPSA) is 75.7 Å². The molecule has 0 saturated carbocycles. The fraction of sp³-hybridized carbons (Fsp3) is 0.500. The summed E-state index contributed by atoms with van der Waals surface area (Å²) in [6.07, 6.45) is 1.67. The van der Waals surface area contributed by atoms with Crippen LogP contribution in [0.2, 0.25) is 0 Å². The average Bonchev–Trinajstić information content (AvgIpc) is 2.42. The molecule has 1 atom stereocenters. The van der Waals surface area contributed by atoms with Crippen molar-refractivity contribution >= 4 is 21.6 Å². The Morgan fingerprint density at radius 3 is 2.81 bits per heavy atom. The van der Waals surface area contributed by atoms with E-state index in [2.05, 4.69) is 4.72 Å². The van der Waals surface area contributed by atoms with Crippen molar-refractivity contribution < 1.29 is 17.9 Å². The third-order valence-electron chi connectivity index (χ3n) is 3.41. The smallest absolute Gasteiger partial charge is 0.264 e. The van der Waals surface area contributed by atoms with E-state index < -0.39 is 10.0 Å². The second kappa shape index (κ2) is 6.03. The maximum atomic E-state index is 12.3. The molecular weight excluding hydrogens is 292 g/mol. The monoisotopic (exact) mass is 312 g/mol. The minimum absolute atomic E-state index is 0.0264. The molecule has 1 aromatic rings. The van der Waals surface area contributed by atoms with Crippen LogP contribution in [0.5, 0.6) is 5.75 Å². The lowest BCUT2D eigenvalue weighted by Crippen LogP contribution is -2.36. The quantitative estimate of drug-likeness (QED) is 0.894. The van der Waals surface area contributed by atoms with Crippen LogP contribution in [0, 0.1) is 0 Å². The maximum absolute atomic E-state index is 12.3. The number of fused-ring (bicyclic) bond motifs is 1. The van der Waals surface area contributed by atoms with E-state index in [1.165, 1.54) is 17.0 Å². The molecule has 0 saturated heterocycles. The Morgan fingerprint density at radius 1 is 1.43 bits per heavy atom. The van der Waals surface area contributed by atoms with Gasteiger partial charge in [0.25, 0.3) is 5.91 Å². The first-order chi connectivity index (χ1) is 9.85. The molecule has 0 aromatic heterocycles. The normalized spacial score (nSPS) is 16.3. The van der Waals surface area contributed by atoms with Gasteiger partial charge in [0.2, 0.25) is 10.0 Å². The largest absolute Gasteiger partial charge is 0.482 e. The molecule has 0 bridgehead atoms. The van der Waals surface area contributed by atoms with E-state index >= 15 is 0 Å². The van der Waals surface area contributed by atoms with Crippen molar-refractivity contribution in [1.82, 2.24) is 4.72 Å². The van der Waals surface area contributed by atoms with Gasteiger partial charge in [0.05, 0.1) is 10.6 Å². The van der Waals surface area contributed by atoms with Gasteiger partial charge in [-0.05, 0) is 31.5 Å². The van der Waals surface area contributed by atoms with Gasteiger partial charge >= 0.3 is 0 Å². The van der Waals surface area contributed by atoms with Crippen LogP contribution in [0.4, 0.5) is 5.69 Å². The summed E-state index contributed by atoms with van der Waals surface area (Å²) in [5, 5.41) is 0. The molecule has 1 aliphatic heterocycles. The molecule has 116 valence electrons. The standard InChI is InChI=1S/C14H20N2O4S/c1-4-5-10(2)15-21(18,19)11-6-7-13-12(8-11)16(3)14(17)9-20-13/h6-8,10,15H,4-5,9H2,1-3H3. The van der Waals surface area contributed by atoms with Gasteiger partial charge in [0, 0.05) is 13.1 Å². The summed E-state index contributed by atoms with van der Waals surface area (Å²) >= 11 is 0. The molecule has 2 rings (SSSR count). The minimum Gasteiger partial charge on any atom is -0.482 e. The molecule has 1 unspecified atom stereocenters. The van der Waals surface area contributed by atoms with Crippen molar-refractivity contribution in [3.8, 4) is 5.75 Å². The number of benzene rings is 1. The molecule has 7 heteroatoms. The number of likely N-dealkylation sites (N-methyl/N-ethyl adjacent to an activating group) is 1. The molecule has 1 aliphatic rings. The first kappa shape index (κ1) is 15.8. The number of amides is 1. The van der Waals surface area contributed by atoms with E-state index in [4.69, 9.17) is 4.74 Å². The Hall–Kier alpha value is -1.60. The lowest BCUT2D eigenvalue weighted by atomic mass is 10.2. The number of ether oxygens (including phenoxy) is 1. The summed E-state index contributed by atoms with van der Waals surface area (Å²) in [6.45, 7) is 3.81. The summed E-state index contributed by atoms with van der Waals surface area (Å²) in [7, 11) is -2.00. The maximum Gasteiger partial charge on any atom is 0.264 e. The Balaban J connectivity index is 2.31. The van der Waals surface area contributed by atoms with Crippen LogP contribution in [0.3, 0.4) is 0 Å². The number of nitrogens with one attached hydrogen (secondary N) is 1. The van der Waals surface area contributed by atoms with E-state index in [0.29, 0.717) is 11.4 Å². The molecular formula is C14H20N2O4S. The highest BCUT2D eigenvalue weighted by Crippen LogP contribution is 2.33. The lowest BCUT2D eigenvalue weighted by Gasteiger charge is -2.26. The molecule has 0 fully saturated rings. The van der Waals surface area contributed by atoms with Gasteiger partial charge in [-0.2, -0.15) is 0 Å². The van der Waals surface area contributed by atoms with E-state index in [-0.39, 0.29) is 23.5 Å². The van der Waals surface area contributed by atoms with Gasteiger partial charge in [-0.15, -0.1) is 0 Å². The molecule has 0 aliphatic carbocycles. The number of sulfonamides is 1. The third-order valence-corrected chi connectivity index (χ3v) is 4.99. The van der Waals surface area contributed by atoms with Crippen LogP contribution in [0.25, 0.3) is 0 Å². The van der Waals surface area contributed by atoms with Crippen molar-refractivity contribution in [1.29, 1.82) is 0 Å². The van der Waals surface area contributed by atoms with Gasteiger partial charge < -0.3 is 9.64 Å². The fourth-order valence-corrected chi connectivity index (χ4v) is 3.54. The number of hydrogen-bond donors (Lipinski definition) is 1. The highest BCUT2D eigenvalue weighted by Gasteiger charge is 2.25. The summed E-state index contributed by atoms with van der Waals surface area (Å²) in [5.41, 5.74) is 0.470. The lowest BCUT2D eigenvalue weighted by molar-refractivity contribution is -0.120. The highest BCUT2D eigenvalue weighted by atomic mass is 32.2. The number of rotatable bonds is 5. The molecule has 6 nitrogen and oxygen atoms in total. The van der Waals surface area contributed by atoms with Crippen LogP contribution < -0.4 is 14.4 Å². The number of carbonyl (C=O) groups excluding carboxylic acids is 1. The van der Waals surface area contributed by atoms with Crippen LogP contribution in [-0.4, -0.2) is 34.0 Å². The number of carbonyl (C=O) groups is 1. The van der Waals surface area contributed by atoms with Crippen LogP contribution in [0.15, 0.2) is 23.1 Å². The summed E-state index contributed by atoms with van der Waals surface area (Å²) < 4.78 is 32.6. The van der Waals surface area contributed by atoms with Gasteiger partial charge in [-0.1, -0.05) is 13.3 Å². The zero-order valence-electron chi connectivity index (χ0n) is 12.4. The fourth-order valence-electron chi connectivity index (χ4n) is 2.24. The SMILES string of the molecule is CCCC(C)NS(=O)(=O)c1ccc2c(c1)N(C)C(=O)CO2. The molecule has 1 aromatic carbocycles. The number of anilines is 1. The Kier molecular flexibility index (Phi) is 4.53. The first-order valence-corrected chi connectivity index (χ1v) is 8.39. The molecule has 21 heavy (non-hydrogen) atoms. The van der Waals surface area contributed by atoms with E-state index in [0.717, 1.165) is 12.8 Å². The number of nitrogens with zero attached hydrogens (tertiary/aromatic N) is 1. The predicted molar refractivity (Wildman–Crippen MR) is 80.0 cm³/mol. The predicted octanol–water partition coefficient (Wildman–Crippen LogP) is 1.51. The van der Waals surface area contributed by atoms with E-state index in [1.807, 2.05) is 13.8 Å². The van der Waals surface area contributed by atoms with Gasteiger partial charge in [0.15, 0.2) is 6.61 Å². The van der Waals surface area contributed by atoms with Crippen molar-refractivity contribution in [2.75, 3.05) is 18.6 Å². The molecule has 1 N–H and O–H groups in total. The van der Waals surface area contributed by atoms with Crippen molar-refractivity contribution in [2.24, 2.45) is 0 Å². The molecule has 1 amide bonds. The Bertz CT molecular complexity index is 642. The van der Waals surface area contributed by atoms with E-state index in [9.17, 15) is 13.2 Å². The summed E-state index contributed by atoms with van der Waals surface area (Å²) in [4.78, 5) is 13.2.